The number of amides is 1. The minimum atomic E-state index is -0.198. The molecule has 1 aromatic carbocycles. The average molecular weight is 333 g/mol. The van der Waals surface area contributed by atoms with Crippen molar-refractivity contribution < 1.29 is 9.53 Å². The number of hydrogen-bond donors (Lipinski definition) is 2. The Morgan fingerprint density at radius 3 is 2.54 bits per heavy atom. The van der Waals surface area contributed by atoms with Gasteiger partial charge in [0.15, 0.2) is 0 Å². The quantitative estimate of drug-likeness (QED) is 0.811. The van der Waals surface area contributed by atoms with Crippen LogP contribution < -0.4 is 11.1 Å². The number of benzene rings is 1. The number of nitrogens with one attached hydrogen (secondary N) is 1. The molecule has 1 aliphatic rings. The molecule has 1 heterocycles. The first-order valence-electron chi connectivity index (χ1n) is 8.84. The van der Waals surface area contributed by atoms with Crippen molar-refractivity contribution in [2.24, 2.45) is 5.92 Å². The molecule has 5 nitrogen and oxygen atoms in total. The number of anilines is 1. The second kappa shape index (κ2) is 7.88. The highest BCUT2D eigenvalue weighted by Crippen LogP contribution is 2.27. The minimum absolute atomic E-state index is 0.186. The molecule has 1 aliphatic heterocycles. The lowest BCUT2D eigenvalue weighted by Gasteiger charge is -2.38. The smallest absolute Gasteiger partial charge is 0.409 e. The molecule has 0 saturated carbocycles. The number of nitrogens with two attached hydrogens (primary N) is 1. The van der Waals surface area contributed by atoms with Gasteiger partial charge in [-0.05, 0) is 44.2 Å². The molecule has 1 saturated heterocycles. The van der Waals surface area contributed by atoms with Crippen molar-refractivity contribution in [3.8, 4) is 0 Å². The van der Waals surface area contributed by atoms with Crippen molar-refractivity contribution in [1.82, 2.24) is 10.2 Å². The number of carbonyl (C=O) groups is 1. The zero-order chi connectivity index (χ0) is 17.7. The predicted molar refractivity (Wildman–Crippen MR) is 97.8 cm³/mol. The van der Waals surface area contributed by atoms with E-state index in [1.54, 1.807) is 0 Å². The van der Waals surface area contributed by atoms with E-state index < -0.39 is 0 Å². The lowest BCUT2D eigenvalue weighted by molar-refractivity contribution is 0.0798. The van der Waals surface area contributed by atoms with E-state index in [4.69, 9.17) is 10.5 Å². The number of rotatable bonds is 5. The van der Waals surface area contributed by atoms with Crippen LogP contribution >= 0.6 is 0 Å². The molecular weight excluding hydrogens is 302 g/mol. The third kappa shape index (κ3) is 4.87. The fourth-order valence-corrected chi connectivity index (χ4v) is 3.19. The largest absolute Gasteiger partial charge is 0.449 e. The van der Waals surface area contributed by atoms with E-state index >= 15 is 0 Å². The molecule has 1 aromatic rings. The zero-order valence-corrected chi connectivity index (χ0v) is 15.3. The molecule has 5 heteroatoms. The van der Waals surface area contributed by atoms with E-state index in [1.807, 2.05) is 36.9 Å². The van der Waals surface area contributed by atoms with Crippen LogP contribution in [0, 0.1) is 5.92 Å². The van der Waals surface area contributed by atoms with E-state index in [2.05, 4.69) is 25.2 Å². The van der Waals surface area contributed by atoms with Crippen LogP contribution in [0.15, 0.2) is 24.3 Å². The highest BCUT2D eigenvalue weighted by molar-refractivity contribution is 5.67. The van der Waals surface area contributed by atoms with Gasteiger partial charge in [0.05, 0.1) is 6.61 Å². The fraction of sp³-hybridized carbons (Fsp3) is 0.632. The molecule has 0 atom stereocenters. The molecule has 1 amide bonds. The maximum absolute atomic E-state index is 12.0. The van der Waals surface area contributed by atoms with Gasteiger partial charge in [-0.15, -0.1) is 0 Å². The molecule has 1 fully saturated rings. The zero-order valence-electron chi connectivity index (χ0n) is 15.3. The van der Waals surface area contributed by atoms with Crippen molar-refractivity contribution in [2.75, 3.05) is 25.4 Å². The predicted octanol–water partition coefficient (Wildman–Crippen LogP) is 3.35. The Morgan fingerprint density at radius 1 is 1.33 bits per heavy atom. The number of para-hydroxylation sites is 1. The third-order valence-corrected chi connectivity index (χ3v) is 4.49. The van der Waals surface area contributed by atoms with Gasteiger partial charge >= 0.3 is 6.09 Å². The molecular formula is C19H31N3O2. The van der Waals surface area contributed by atoms with Crippen molar-refractivity contribution in [2.45, 2.75) is 52.1 Å². The first-order chi connectivity index (χ1) is 11.3. The number of hydrogen-bond acceptors (Lipinski definition) is 4. The van der Waals surface area contributed by atoms with Gasteiger partial charge in [-0.1, -0.05) is 32.0 Å². The second-order valence-electron chi connectivity index (χ2n) is 7.59. The summed E-state index contributed by atoms with van der Waals surface area (Å²) in [4.78, 5) is 13.8. The Hall–Kier alpha value is -1.75. The van der Waals surface area contributed by atoms with Gasteiger partial charge in [0, 0.05) is 30.4 Å². The van der Waals surface area contributed by atoms with Crippen LogP contribution in [-0.2, 0) is 10.3 Å². The molecule has 134 valence electrons. The summed E-state index contributed by atoms with van der Waals surface area (Å²) in [6.45, 7) is 10.3. The first kappa shape index (κ1) is 18.6. The van der Waals surface area contributed by atoms with Gasteiger partial charge in [0.25, 0.3) is 0 Å². The maximum Gasteiger partial charge on any atom is 0.409 e. The van der Waals surface area contributed by atoms with Crippen molar-refractivity contribution in [3.05, 3.63) is 29.8 Å². The standard InChI is InChI=1S/C19H31N3O2/c1-14(2)13-24-18(23)22-11-9-15(10-12-22)21-19(3,4)16-7-5-6-8-17(16)20/h5-8,14-15,21H,9-13,20H2,1-4H3. The van der Waals surface area contributed by atoms with Crippen LogP contribution in [0.25, 0.3) is 0 Å². The molecule has 0 aromatic heterocycles. The summed E-state index contributed by atoms with van der Waals surface area (Å²) < 4.78 is 5.31. The summed E-state index contributed by atoms with van der Waals surface area (Å²) >= 11 is 0. The van der Waals surface area contributed by atoms with Crippen molar-refractivity contribution >= 4 is 11.8 Å². The molecule has 0 bridgehead atoms. The van der Waals surface area contributed by atoms with Crippen LogP contribution in [0.3, 0.4) is 0 Å². The van der Waals surface area contributed by atoms with Crippen molar-refractivity contribution in [3.63, 3.8) is 0 Å². The van der Waals surface area contributed by atoms with Gasteiger partial charge in [-0.3, -0.25) is 0 Å². The summed E-state index contributed by atoms with van der Waals surface area (Å²) in [5, 5.41) is 3.70. The number of nitrogens with zero attached hydrogens (tertiary/aromatic N) is 1. The SMILES string of the molecule is CC(C)COC(=O)N1CCC(NC(C)(C)c2ccccc2N)CC1. The molecule has 2 rings (SSSR count). The Bertz CT molecular complexity index is 549. The Balaban J connectivity index is 1.86. The lowest BCUT2D eigenvalue weighted by Crippen LogP contribution is -2.50. The van der Waals surface area contributed by atoms with Gasteiger partial charge in [0.1, 0.15) is 0 Å². The van der Waals surface area contributed by atoms with E-state index in [0.717, 1.165) is 37.2 Å². The molecule has 0 radical (unpaired) electrons. The lowest BCUT2D eigenvalue weighted by atomic mass is 9.90. The van der Waals surface area contributed by atoms with Crippen LogP contribution in [0.4, 0.5) is 10.5 Å². The summed E-state index contributed by atoms with van der Waals surface area (Å²) in [5.74, 6) is 0.366. The van der Waals surface area contributed by atoms with Gasteiger partial charge in [-0.25, -0.2) is 4.79 Å². The second-order valence-corrected chi connectivity index (χ2v) is 7.59. The number of likely N-dealkylation sites (tertiary alicyclic amines) is 1. The molecule has 3 N–H and O–H groups in total. The number of carbonyl (C=O) groups excluding carboxylic acids is 1. The maximum atomic E-state index is 12.0. The molecule has 0 unspecified atom stereocenters. The van der Waals surface area contributed by atoms with Gasteiger partial charge in [-0.2, -0.15) is 0 Å². The van der Waals surface area contributed by atoms with Crippen molar-refractivity contribution in [1.29, 1.82) is 0 Å². The highest BCUT2D eigenvalue weighted by Gasteiger charge is 2.29. The summed E-state index contributed by atoms with van der Waals surface area (Å²) in [6.07, 6.45) is 1.66. The minimum Gasteiger partial charge on any atom is -0.449 e. The first-order valence-corrected chi connectivity index (χ1v) is 8.84. The molecule has 0 spiro atoms. The summed E-state index contributed by atoms with van der Waals surface area (Å²) in [5.41, 5.74) is 7.85. The van der Waals surface area contributed by atoms with Crippen LogP contribution in [-0.4, -0.2) is 36.7 Å². The highest BCUT2D eigenvalue weighted by atomic mass is 16.6. The van der Waals surface area contributed by atoms with Gasteiger partial charge < -0.3 is 20.7 Å². The third-order valence-electron chi connectivity index (χ3n) is 4.49. The van der Waals surface area contributed by atoms with Crippen LogP contribution in [0.5, 0.6) is 0 Å². The topological polar surface area (TPSA) is 67.6 Å². The Morgan fingerprint density at radius 2 is 1.96 bits per heavy atom. The van der Waals surface area contributed by atoms with E-state index in [1.165, 1.54) is 0 Å². The van der Waals surface area contributed by atoms with Crippen LogP contribution in [0.2, 0.25) is 0 Å². The molecule has 0 aliphatic carbocycles. The van der Waals surface area contributed by atoms with Crippen LogP contribution in [0.1, 0.15) is 46.1 Å². The Kier molecular flexibility index (Phi) is 6.10. The molecule has 24 heavy (non-hydrogen) atoms. The van der Waals surface area contributed by atoms with E-state index in [-0.39, 0.29) is 11.6 Å². The monoisotopic (exact) mass is 333 g/mol. The fourth-order valence-electron chi connectivity index (χ4n) is 3.19. The Labute approximate surface area is 145 Å². The number of piperidine rings is 1. The van der Waals surface area contributed by atoms with E-state index in [9.17, 15) is 4.79 Å². The summed E-state index contributed by atoms with van der Waals surface area (Å²) in [6, 6.07) is 8.35. The number of nitrogen functional groups attached to an aromatic ring is 1. The summed E-state index contributed by atoms with van der Waals surface area (Å²) in [7, 11) is 0. The normalized spacial score (nSPS) is 16.5. The van der Waals surface area contributed by atoms with Gasteiger partial charge in [0.2, 0.25) is 0 Å². The average Bonchev–Trinajstić information content (AvgIpc) is 2.53. The number of ether oxygens (including phenoxy) is 1. The van der Waals surface area contributed by atoms with E-state index in [0.29, 0.717) is 18.6 Å².